The Morgan fingerprint density at radius 3 is 2.37 bits per heavy atom. The fraction of sp³-hybridized carbons (Fsp3) is 0.484. The molecule has 0 saturated carbocycles. The van der Waals surface area contributed by atoms with Crippen molar-refractivity contribution in [3.8, 4) is 0 Å². The third-order valence-corrected chi connectivity index (χ3v) is 9.08. The van der Waals surface area contributed by atoms with Crippen molar-refractivity contribution in [2.75, 3.05) is 32.8 Å². The van der Waals surface area contributed by atoms with Gasteiger partial charge in [0.05, 0.1) is 5.71 Å². The maximum atomic E-state index is 13.6. The predicted molar refractivity (Wildman–Crippen MR) is 158 cm³/mol. The second-order valence-electron chi connectivity index (χ2n) is 10.8. The standard InChI is InChI=1S/C31H39BrN4O2/c1-4-36-27-9-7-6-8-25(27)22-28(36)30(37)34-20-16-31(3,17-21-34)35-18-14-24(15-19-35)29(33-38-5-2)23-10-12-26(32)13-11-23/h6-13,22,24H,4-5,14-21H2,1-3H3/b33-29+. The van der Waals surface area contributed by atoms with Crippen LogP contribution in [0.5, 0.6) is 0 Å². The Morgan fingerprint density at radius 2 is 1.71 bits per heavy atom. The first kappa shape index (κ1) is 26.9. The molecule has 3 aromatic rings. The number of benzene rings is 2. The van der Waals surface area contributed by atoms with Gasteiger partial charge in [0, 0.05) is 46.5 Å². The van der Waals surface area contributed by atoms with Crippen molar-refractivity contribution in [1.82, 2.24) is 14.4 Å². The van der Waals surface area contributed by atoms with E-state index in [1.165, 1.54) is 0 Å². The number of rotatable bonds is 7. The first-order valence-electron chi connectivity index (χ1n) is 14.0. The normalized spacial score (nSPS) is 19.2. The van der Waals surface area contributed by atoms with Crippen molar-refractivity contribution >= 4 is 38.5 Å². The molecule has 0 radical (unpaired) electrons. The summed E-state index contributed by atoms with van der Waals surface area (Å²) >= 11 is 3.54. The summed E-state index contributed by atoms with van der Waals surface area (Å²) in [4.78, 5) is 23.8. The number of fused-ring (bicyclic) bond motifs is 1. The van der Waals surface area contributed by atoms with Gasteiger partial charge in [0.25, 0.3) is 5.91 Å². The fourth-order valence-electron chi connectivity index (χ4n) is 6.21. The molecule has 38 heavy (non-hydrogen) atoms. The van der Waals surface area contributed by atoms with Crippen LogP contribution < -0.4 is 0 Å². The Labute approximate surface area is 234 Å². The predicted octanol–water partition coefficient (Wildman–Crippen LogP) is 6.57. The van der Waals surface area contributed by atoms with Gasteiger partial charge in [-0.05, 0) is 89.4 Å². The zero-order valence-electron chi connectivity index (χ0n) is 22.8. The molecule has 5 rings (SSSR count). The summed E-state index contributed by atoms with van der Waals surface area (Å²) in [7, 11) is 0. The summed E-state index contributed by atoms with van der Waals surface area (Å²) in [6.45, 7) is 11.5. The molecule has 7 heteroatoms. The molecule has 0 bridgehead atoms. The number of aromatic nitrogens is 1. The molecule has 0 spiro atoms. The number of hydrogen-bond acceptors (Lipinski definition) is 4. The Bertz CT molecular complexity index is 1280. The van der Waals surface area contributed by atoms with Gasteiger partial charge in [0.15, 0.2) is 0 Å². The number of nitrogens with zero attached hydrogens (tertiary/aromatic N) is 4. The fourth-order valence-corrected chi connectivity index (χ4v) is 6.47. The lowest BCUT2D eigenvalue weighted by Crippen LogP contribution is -2.56. The number of piperidine rings is 2. The molecule has 0 atom stereocenters. The zero-order chi connectivity index (χ0) is 26.7. The van der Waals surface area contributed by atoms with Gasteiger partial charge in [-0.3, -0.25) is 9.69 Å². The van der Waals surface area contributed by atoms with Gasteiger partial charge in [-0.2, -0.15) is 0 Å². The van der Waals surface area contributed by atoms with E-state index >= 15 is 0 Å². The van der Waals surface area contributed by atoms with Crippen LogP contribution in [0.25, 0.3) is 10.9 Å². The van der Waals surface area contributed by atoms with E-state index < -0.39 is 0 Å². The minimum absolute atomic E-state index is 0.119. The quantitative estimate of drug-likeness (QED) is 0.235. The van der Waals surface area contributed by atoms with E-state index in [1.54, 1.807) is 0 Å². The second-order valence-corrected chi connectivity index (χ2v) is 11.7. The summed E-state index contributed by atoms with van der Waals surface area (Å²) in [5, 5.41) is 5.68. The van der Waals surface area contributed by atoms with Crippen LogP contribution in [-0.4, -0.2) is 64.3 Å². The third-order valence-electron chi connectivity index (χ3n) is 8.55. The molecule has 0 aliphatic carbocycles. The lowest BCUT2D eigenvalue weighted by atomic mass is 9.82. The van der Waals surface area contributed by atoms with Crippen molar-refractivity contribution < 1.29 is 9.63 Å². The van der Waals surface area contributed by atoms with Crippen molar-refractivity contribution in [1.29, 1.82) is 0 Å². The SMILES string of the molecule is CCO/N=C(\c1ccc(Br)cc1)C1CCN(C2(C)CCN(C(=O)c3cc4ccccc4n3CC)CC2)CC1. The summed E-state index contributed by atoms with van der Waals surface area (Å²) in [5.41, 5.74) is 4.28. The van der Waals surface area contributed by atoms with E-state index in [4.69, 9.17) is 4.84 Å². The highest BCUT2D eigenvalue weighted by Gasteiger charge is 2.39. The van der Waals surface area contributed by atoms with Crippen LogP contribution in [0.15, 0.2) is 64.2 Å². The molecule has 2 aliphatic rings. The third kappa shape index (κ3) is 5.41. The number of carbonyl (C=O) groups excluding carboxylic acids is 1. The summed E-state index contributed by atoms with van der Waals surface area (Å²) < 4.78 is 3.23. The van der Waals surface area contributed by atoms with Gasteiger partial charge in [-0.15, -0.1) is 0 Å². The molecule has 0 N–H and O–H groups in total. The van der Waals surface area contributed by atoms with Gasteiger partial charge in [-0.1, -0.05) is 51.4 Å². The van der Waals surface area contributed by atoms with E-state index in [-0.39, 0.29) is 11.4 Å². The van der Waals surface area contributed by atoms with E-state index in [9.17, 15) is 4.79 Å². The minimum atomic E-state index is 0.119. The van der Waals surface area contributed by atoms with Crippen molar-refractivity contribution in [2.45, 2.75) is 58.5 Å². The van der Waals surface area contributed by atoms with Crippen molar-refractivity contribution in [3.63, 3.8) is 0 Å². The molecule has 1 aromatic heterocycles. The van der Waals surface area contributed by atoms with E-state index in [1.807, 2.05) is 19.1 Å². The first-order valence-corrected chi connectivity index (χ1v) is 14.8. The van der Waals surface area contributed by atoms with Crippen LogP contribution in [0.4, 0.5) is 0 Å². The average Bonchev–Trinajstić information content (AvgIpc) is 3.33. The van der Waals surface area contributed by atoms with E-state index in [2.05, 4.69) is 91.8 Å². The lowest BCUT2D eigenvalue weighted by molar-refractivity contribution is 0.0158. The smallest absolute Gasteiger partial charge is 0.270 e. The number of carbonyl (C=O) groups is 1. The number of likely N-dealkylation sites (tertiary alicyclic amines) is 2. The summed E-state index contributed by atoms with van der Waals surface area (Å²) in [5.74, 6) is 0.551. The maximum Gasteiger partial charge on any atom is 0.270 e. The van der Waals surface area contributed by atoms with Crippen LogP contribution in [0, 0.1) is 5.92 Å². The van der Waals surface area contributed by atoms with E-state index in [0.29, 0.717) is 12.5 Å². The monoisotopic (exact) mass is 578 g/mol. The van der Waals surface area contributed by atoms with Crippen LogP contribution in [0.1, 0.15) is 62.5 Å². The van der Waals surface area contributed by atoms with E-state index in [0.717, 1.165) is 90.8 Å². The maximum absolute atomic E-state index is 13.6. The molecular formula is C31H39BrN4O2. The van der Waals surface area contributed by atoms with Crippen LogP contribution in [0.2, 0.25) is 0 Å². The van der Waals surface area contributed by atoms with Gasteiger partial charge < -0.3 is 14.3 Å². The van der Waals surface area contributed by atoms with Crippen LogP contribution >= 0.6 is 15.9 Å². The average molecular weight is 580 g/mol. The highest BCUT2D eigenvalue weighted by atomic mass is 79.9. The highest BCUT2D eigenvalue weighted by Crippen LogP contribution is 2.34. The number of para-hydroxylation sites is 1. The lowest BCUT2D eigenvalue weighted by Gasteiger charge is -2.49. The van der Waals surface area contributed by atoms with Gasteiger partial charge in [0.1, 0.15) is 12.3 Å². The molecule has 202 valence electrons. The highest BCUT2D eigenvalue weighted by molar-refractivity contribution is 9.10. The van der Waals surface area contributed by atoms with Gasteiger partial charge in [-0.25, -0.2) is 0 Å². The van der Waals surface area contributed by atoms with Gasteiger partial charge in [0.2, 0.25) is 0 Å². The molecule has 0 unspecified atom stereocenters. The summed E-state index contributed by atoms with van der Waals surface area (Å²) in [6.07, 6.45) is 4.14. The molecule has 2 fully saturated rings. The molecule has 3 heterocycles. The van der Waals surface area contributed by atoms with Crippen LogP contribution in [-0.2, 0) is 11.4 Å². The van der Waals surface area contributed by atoms with Gasteiger partial charge >= 0.3 is 0 Å². The molecule has 2 saturated heterocycles. The Hall–Kier alpha value is -2.64. The molecule has 2 aliphatic heterocycles. The number of halogens is 1. The largest absolute Gasteiger partial charge is 0.396 e. The topological polar surface area (TPSA) is 50.1 Å². The first-order chi connectivity index (χ1) is 18.4. The number of hydrogen-bond donors (Lipinski definition) is 0. The molecular weight excluding hydrogens is 540 g/mol. The number of aryl methyl sites for hydroxylation is 1. The number of amides is 1. The summed E-state index contributed by atoms with van der Waals surface area (Å²) in [6, 6.07) is 18.7. The van der Waals surface area contributed by atoms with Crippen molar-refractivity contribution in [2.24, 2.45) is 11.1 Å². The minimum Gasteiger partial charge on any atom is -0.396 e. The van der Waals surface area contributed by atoms with Crippen molar-refractivity contribution in [3.05, 3.63) is 70.3 Å². The zero-order valence-corrected chi connectivity index (χ0v) is 24.4. The molecule has 2 aromatic carbocycles. The Balaban J connectivity index is 1.22. The Morgan fingerprint density at radius 1 is 1.03 bits per heavy atom. The second kappa shape index (κ2) is 11.6. The number of oxime groups is 1. The molecule has 6 nitrogen and oxygen atoms in total. The Kier molecular flexibility index (Phi) is 8.24. The molecule has 1 amide bonds. The van der Waals surface area contributed by atoms with Crippen LogP contribution in [0.3, 0.4) is 0 Å².